The van der Waals surface area contributed by atoms with Gasteiger partial charge in [0.15, 0.2) is 0 Å². The molecule has 0 aliphatic carbocycles. The first kappa shape index (κ1) is 12.6. The zero-order valence-electron chi connectivity index (χ0n) is 10.9. The van der Waals surface area contributed by atoms with Crippen molar-refractivity contribution >= 4 is 0 Å². The lowest BCUT2D eigenvalue weighted by atomic mass is 10.0. The molecule has 1 heterocycles. The van der Waals surface area contributed by atoms with Gasteiger partial charge in [0.05, 0.1) is 18.9 Å². The summed E-state index contributed by atoms with van der Waals surface area (Å²) in [6.45, 7) is 2.00. The summed E-state index contributed by atoms with van der Waals surface area (Å²) in [7, 11) is 3.48. The summed E-state index contributed by atoms with van der Waals surface area (Å²) >= 11 is 0. The number of hydrogen-bond donors (Lipinski definition) is 1. The van der Waals surface area contributed by atoms with Crippen LogP contribution in [0.4, 0.5) is 0 Å². The third kappa shape index (κ3) is 2.71. The Kier molecular flexibility index (Phi) is 3.67. The second-order valence-electron chi connectivity index (χ2n) is 4.45. The van der Waals surface area contributed by atoms with Gasteiger partial charge in [-0.3, -0.25) is 4.68 Å². The molecule has 0 saturated heterocycles. The van der Waals surface area contributed by atoms with Crippen molar-refractivity contribution in [1.29, 1.82) is 0 Å². The maximum Gasteiger partial charge on any atom is 0.124 e. The number of aryl methyl sites for hydroxylation is 2. The summed E-state index contributed by atoms with van der Waals surface area (Å²) < 4.78 is 7.01. The molecule has 4 heteroatoms. The molecule has 18 heavy (non-hydrogen) atoms. The second-order valence-corrected chi connectivity index (χ2v) is 4.45. The smallest absolute Gasteiger partial charge is 0.124 e. The largest absolute Gasteiger partial charge is 0.496 e. The fourth-order valence-electron chi connectivity index (χ4n) is 1.99. The molecule has 1 aromatic carbocycles. The van der Waals surface area contributed by atoms with Crippen LogP contribution in [0.1, 0.15) is 22.9 Å². The predicted molar refractivity (Wildman–Crippen MR) is 69.6 cm³/mol. The normalized spacial score (nSPS) is 12.4. The first-order valence-corrected chi connectivity index (χ1v) is 5.91. The van der Waals surface area contributed by atoms with Gasteiger partial charge in [-0.1, -0.05) is 11.6 Å². The number of methoxy groups -OCH3 is 1. The van der Waals surface area contributed by atoms with Gasteiger partial charge in [-0.2, -0.15) is 5.10 Å². The van der Waals surface area contributed by atoms with E-state index in [2.05, 4.69) is 5.10 Å². The SMILES string of the molecule is COc1ccc(C)cc1C(O)Cc1ccn(C)n1. The summed E-state index contributed by atoms with van der Waals surface area (Å²) in [5.74, 6) is 0.712. The van der Waals surface area contributed by atoms with Gasteiger partial charge in [-0.05, 0) is 25.1 Å². The lowest BCUT2D eigenvalue weighted by molar-refractivity contribution is 0.172. The van der Waals surface area contributed by atoms with Crippen molar-refractivity contribution in [3.63, 3.8) is 0 Å². The van der Waals surface area contributed by atoms with Crippen LogP contribution < -0.4 is 4.74 Å². The third-order valence-electron chi connectivity index (χ3n) is 2.92. The molecule has 4 nitrogen and oxygen atoms in total. The Morgan fingerprint density at radius 1 is 1.39 bits per heavy atom. The van der Waals surface area contributed by atoms with E-state index in [4.69, 9.17) is 4.74 Å². The van der Waals surface area contributed by atoms with Crippen LogP contribution >= 0.6 is 0 Å². The Labute approximate surface area is 107 Å². The highest BCUT2D eigenvalue weighted by Gasteiger charge is 2.15. The Balaban J connectivity index is 2.22. The minimum atomic E-state index is -0.602. The summed E-state index contributed by atoms with van der Waals surface area (Å²) in [5, 5.41) is 14.6. The van der Waals surface area contributed by atoms with Crippen molar-refractivity contribution in [2.24, 2.45) is 7.05 Å². The number of aromatic nitrogens is 2. The topological polar surface area (TPSA) is 47.3 Å². The van der Waals surface area contributed by atoms with Gasteiger partial charge >= 0.3 is 0 Å². The summed E-state index contributed by atoms with van der Waals surface area (Å²) in [6, 6.07) is 7.71. The zero-order chi connectivity index (χ0) is 13.1. The van der Waals surface area contributed by atoms with Crippen LogP contribution in [0.25, 0.3) is 0 Å². The molecule has 1 atom stereocenters. The van der Waals surface area contributed by atoms with Crippen LogP contribution in [0.3, 0.4) is 0 Å². The molecule has 0 aliphatic rings. The van der Waals surface area contributed by atoms with E-state index in [0.29, 0.717) is 12.2 Å². The van der Waals surface area contributed by atoms with Crippen LogP contribution in [0.5, 0.6) is 5.75 Å². The Morgan fingerprint density at radius 2 is 2.17 bits per heavy atom. The molecule has 0 radical (unpaired) electrons. The van der Waals surface area contributed by atoms with Gasteiger partial charge in [-0.15, -0.1) is 0 Å². The van der Waals surface area contributed by atoms with Gasteiger partial charge < -0.3 is 9.84 Å². The molecule has 2 aromatic rings. The monoisotopic (exact) mass is 246 g/mol. The molecule has 0 amide bonds. The standard InChI is InChI=1S/C14H18N2O2/c1-10-4-5-14(18-3)12(8-10)13(17)9-11-6-7-16(2)15-11/h4-8,13,17H,9H2,1-3H3. The lowest BCUT2D eigenvalue weighted by Crippen LogP contribution is -2.05. The first-order valence-electron chi connectivity index (χ1n) is 5.91. The first-order chi connectivity index (χ1) is 8.60. The van der Waals surface area contributed by atoms with Crippen LogP contribution in [0.2, 0.25) is 0 Å². The van der Waals surface area contributed by atoms with E-state index in [1.807, 2.05) is 44.4 Å². The van der Waals surface area contributed by atoms with Crippen LogP contribution in [-0.4, -0.2) is 22.0 Å². The van der Waals surface area contributed by atoms with E-state index in [0.717, 1.165) is 16.8 Å². The van der Waals surface area contributed by atoms with E-state index in [9.17, 15) is 5.11 Å². The summed E-state index contributed by atoms with van der Waals surface area (Å²) in [5.41, 5.74) is 2.78. The molecule has 1 aromatic heterocycles. The number of ether oxygens (including phenoxy) is 1. The average molecular weight is 246 g/mol. The van der Waals surface area contributed by atoms with E-state index in [1.54, 1.807) is 11.8 Å². The van der Waals surface area contributed by atoms with Crippen molar-refractivity contribution in [2.75, 3.05) is 7.11 Å². The number of benzene rings is 1. The lowest BCUT2D eigenvalue weighted by Gasteiger charge is -2.14. The van der Waals surface area contributed by atoms with E-state index < -0.39 is 6.10 Å². The molecule has 0 spiro atoms. The molecule has 96 valence electrons. The minimum absolute atomic E-state index is 0.487. The Hall–Kier alpha value is -1.81. The summed E-state index contributed by atoms with van der Waals surface area (Å²) in [6.07, 6.45) is 1.76. The molecule has 0 aliphatic heterocycles. The predicted octanol–water partition coefficient (Wildman–Crippen LogP) is 2.01. The molecule has 1 unspecified atom stereocenters. The summed E-state index contributed by atoms with van der Waals surface area (Å²) in [4.78, 5) is 0. The van der Waals surface area contributed by atoms with Gasteiger partial charge in [0.1, 0.15) is 5.75 Å². The number of aliphatic hydroxyl groups excluding tert-OH is 1. The number of nitrogens with zero attached hydrogens (tertiary/aromatic N) is 2. The van der Waals surface area contributed by atoms with Crippen LogP contribution in [0, 0.1) is 6.92 Å². The highest BCUT2D eigenvalue weighted by Crippen LogP contribution is 2.28. The zero-order valence-corrected chi connectivity index (χ0v) is 10.9. The van der Waals surface area contributed by atoms with Crippen molar-refractivity contribution < 1.29 is 9.84 Å². The maximum atomic E-state index is 10.3. The Bertz CT molecular complexity index is 534. The molecular formula is C14H18N2O2. The van der Waals surface area contributed by atoms with E-state index >= 15 is 0 Å². The molecule has 0 fully saturated rings. The highest BCUT2D eigenvalue weighted by atomic mass is 16.5. The van der Waals surface area contributed by atoms with Gasteiger partial charge in [0.2, 0.25) is 0 Å². The van der Waals surface area contributed by atoms with Gasteiger partial charge in [-0.25, -0.2) is 0 Å². The molecular weight excluding hydrogens is 228 g/mol. The third-order valence-corrected chi connectivity index (χ3v) is 2.92. The Morgan fingerprint density at radius 3 is 2.78 bits per heavy atom. The fourth-order valence-corrected chi connectivity index (χ4v) is 1.99. The minimum Gasteiger partial charge on any atom is -0.496 e. The van der Waals surface area contributed by atoms with Gasteiger partial charge in [0, 0.05) is 25.2 Å². The maximum absolute atomic E-state index is 10.3. The van der Waals surface area contributed by atoms with Crippen molar-refractivity contribution in [2.45, 2.75) is 19.4 Å². The second kappa shape index (κ2) is 5.23. The average Bonchev–Trinajstić information content (AvgIpc) is 2.74. The molecule has 0 saturated carbocycles. The fraction of sp³-hybridized carbons (Fsp3) is 0.357. The highest BCUT2D eigenvalue weighted by molar-refractivity contribution is 5.38. The van der Waals surface area contributed by atoms with Crippen molar-refractivity contribution in [3.05, 3.63) is 47.3 Å². The van der Waals surface area contributed by atoms with Crippen molar-refractivity contribution in [1.82, 2.24) is 9.78 Å². The van der Waals surface area contributed by atoms with Gasteiger partial charge in [0.25, 0.3) is 0 Å². The molecule has 0 bridgehead atoms. The quantitative estimate of drug-likeness (QED) is 0.897. The van der Waals surface area contributed by atoms with E-state index in [1.165, 1.54) is 0 Å². The number of aliphatic hydroxyl groups is 1. The molecule has 1 N–H and O–H groups in total. The van der Waals surface area contributed by atoms with Crippen LogP contribution in [0.15, 0.2) is 30.5 Å². The number of hydrogen-bond acceptors (Lipinski definition) is 3. The molecule has 2 rings (SSSR count). The van der Waals surface area contributed by atoms with E-state index in [-0.39, 0.29) is 0 Å². The number of rotatable bonds is 4. The van der Waals surface area contributed by atoms with Crippen molar-refractivity contribution in [3.8, 4) is 5.75 Å². The van der Waals surface area contributed by atoms with Crippen LogP contribution in [-0.2, 0) is 13.5 Å².